The Bertz CT molecular complexity index is 526. The van der Waals surface area contributed by atoms with Crippen molar-refractivity contribution in [3.05, 3.63) is 60.7 Å². The molecule has 0 atom stereocenters. The molecule has 0 aromatic heterocycles. The molecular formula is C15H21N5Si. The van der Waals surface area contributed by atoms with E-state index in [9.17, 15) is 0 Å². The second-order valence-electron chi connectivity index (χ2n) is 5.60. The van der Waals surface area contributed by atoms with Crippen LogP contribution in [0.4, 0.5) is 11.4 Å². The van der Waals surface area contributed by atoms with E-state index in [1.54, 1.807) is 0 Å². The number of benzene rings is 2. The molecule has 0 saturated carbocycles. The number of anilines is 2. The summed E-state index contributed by atoms with van der Waals surface area (Å²) in [4.78, 5) is 0. The van der Waals surface area contributed by atoms with Crippen LogP contribution in [0.3, 0.4) is 0 Å². The number of hydrogen-bond acceptors (Lipinski definition) is 4. The van der Waals surface area contributed by atoms with Crippen LogP contribution in [0.2, 0.25) is 19.6 Å². The molecule has 0 radical (unpaired) electrons. The molecule has 0 spiro atoms. The predicted octanol–water partition coefficient (Wildman–Crippen LogP) is 4.04. The first kappa shape index (κ1) is 15.2. The highest BCUT2D eigenvalue weighted by molar-refractivity contribution is 6.74. The summed E-state index contributed by atoms with van der Waals surface area (Å²) in [7, 11) is -1.55. The number of nitrogens with zero attached hydrogens (tertiary/aromatic N) is 3. The molecule has 0 heterocycles. The molecule has 5 nitrogen and oxygen atoms in total. The highest BCUT2D eigenvalue weighted by atomic mass is 28.3. The van der Waals surface area contributed by atoms with Crippen LogP contribution in [0.1, 0.15) is 0 Å². The van der Waals surface area contributed by atoms with Crippen molar-refractivity contribution in [2.45, 2.75) is 19.6 Å². The quantitative estimate of drug-likeness (QED) is 0.481. The summed E-state index contributed by atoms with van der Waals surface area (Å²) >= 11 is 0. The molecule has 0 saturated heterocycles. The van der Waals surface area contributed by atoms with E-state index >= 15 is 0 Å². The lowest BCUT2D eigenvalue weighted by molar-refractivity contribution is 0.545. The number of nitrogens with one attached hydrogen (secondary N) is 2. The summed E-state index contributed by atoms with van der Waals surface area (Å²) in [6, 6.07) is 20.1. The van der Waals surface area contributed by atoms with Crippen LogP contribution in [0.15, 0.2) is 70.7 Å². The van der Waals surface area contributed by atoms with Gasteiger partial charge in [0.05, 0.1) is 11.4 Å². The molecule has 0 amide bonds. The first-order chi connectivity index (χ1) is 10.1. The maximum Gasteiger partial charge on any atom is 0.203 e. The number of para-hydroxylation sites is 2. The van der Waals surface area contributed by atoms with Crippen LogP contribution in [-0.2, 0) is 0 Å². The van der Waals surface area contributed by atoms with Crippen molar-refractivity contribution in [1.82, 2.24) is 11.1 Å². The predicted molar refractivity (Wildman–Crippen MR) is 89.5 cm³/mol. The van der Waals surface area contributed by atoms with Crippen molar-refractivity contribution < 1.29 is 0 Å². The molecule has 2 aromatic carbocycles. The molecule has 0 aliphatic heterocycles. The Balaban J connectivity index is 2.13. The van der Waals surface area contributed by atoms with Gasteiger partial charge >= 0.3 is 0 Å². The first-order valence-electron chi connectivity index (χ1n) is 6.89. The van der Waals surface area contributed by atoms with E-state index in [0.717, 1.165) is 11.4 Å². The summed E-state index contributed by atoms with van der Waals surface area (Å²) in [6.45, 7) is 6.39. The lowest BCUT2D eigenvalue weighted by Crippen LogP contribution is -2.41. The maximum absolute atomic E-state index is 4.28. The zero-order valence-corrected chi connectivity index (χ0v) is 13.6. The van der Waals surface area contributed by atoms with Gasteiger partial charge in [0.2, 0.25) is 8.24 Å². The molecule has 0 unspecified atom stereocenters. The fourth-order valence-corrected chi connectivity index (χ4v) is 2.03. The van der Waals surface area contributed by atoms with E-state index < -0.39 is 8.24 Å². The van der Waals surface area contributed by atoms with Gasteiger partial charge in [0.1, 0.15) is 0 Å². The Kier molecular flexibility index (Phi) is 5.07. The number of rotatable bonds is 6. The zero-order chi connectivity index (χ0) is 15.1. The molecule has 110 valence electrons. The summed E-state index contributed by atoms with van der Waals surface area (Å²) in [5, 5.41) is 5.94. The van der Waals surface area contributed by atoms with Gasteiger partial charge in [-0.05, 0) is 43.9 Å². The van der Waals surface area contributed by atoms with Crippen LogP contribution < -0.4 is 16.1 Å². The standard InChI is InChI=1S/C15H21N5Si/c1-21(2,3)19-17-16-18-20(14-10-6-4-7-11-14)15-12-8-5-9-13-15/h4-13H,1-3H3,(H,16,19)(H,17,18). The van der Waals surface area contributed by atoms with Crippen molar-refractivity contribution in [3.8, 4) is 0 Å². The van der Waals surface area contributed by atoms with Crippen LogP contribution in [0.5, 0.6) is 0 Å². The molecule has 21 heavy (non-hydrogen) atoms. The van der Waals surface area contributed by atoms with Crippen molar-refractivity contribution in [3.63, 3.8) is 0 Å². The maximum atomic E-state index is 4.28. The Morgan fingerprint density at radius 2 is 1.29 bits per heavy atom. The highest BCUT2D eigenvalue weighted by Crippen LogP contribution is 2.21. The zero-order valence-electron chi connectivity index (χ0n) is 12.6. The fraction of sp³-hybridized carbons (Fsp3) is 0.200. The molecule has 0 aliphatic carbocycles. The van der Waals surface area contributed by atoms with Gasteiger partial charge in [0.25, 0.3) is 0 Å². The van der Waals surface area contributed by atoms with Crippen LogP contribution in [0.25, 0.3) is 0 Å². The molecule has 2 N–H and O–H groups in total. The van der Waals surface area contributed by atoms with E-state index in [1.807, 2.05) is 65.7 Å². The van der Waals surface area contributed by atoms with E-state index in [4.69, 9.17) is 0 Å². The molecule has 0 aliphatic rings. The lowest BCUT2D eigenvalue weighted by Gasteiger charge is -2.24. The second kappa shape index (κ2) is 7.01. The van der Waals surface area contributed by atoms with Crippen molar-refractivity contribution in [2.24, 2.45) is 10.0 Å². The SMILES string of the molecule is C[Si](C)(C)/N=N/NNN(c1ccccc1)c1ccccc1. The third-order valence-electron chi connectivity index (χ3n) is 2.59. The molecule has 0 fully saturated rings. The Morgan fingerprint density at radius 1 is 0.810 bits per heavy atom. The largest absolute Gasteiger partial charge is 0.258 e. The first-order valence-corrected chi connectivity index (χ1v) is 10.3. The second-order valence-corrected chi connectivity index (χ2v) is 10.1. The minimum absolute atomic E-state index is 1.01. The minimum Gasteiger partial charge on any atom is -0.258 e. The Hall–Kier alpha value is -2.18. The van der Waals surface area contributed by atoms with Crippen molar-refractivity contribution >= 4 is 19.6 Å². The van der Waals surface area contributed by atoms with Gasteiger partial charge in [-0.3, -0.25) is 5.01 Å². The smallest absolute Gasteiger partial charge is 0.203 e. The van der Waals surface area contributed by atoms with Gasteiger partial charge in [0.15, 0.2) is 0 Å². The summed E-state index contributed by atoms with van der Waals surface area (Å²) < 4.78 is 4.28. The topological polar surface area (TPSA) is 52.0 Å². The number of hydrogen-bond donors (Lipinski definition) is 2. The number of hydrazine groups is 2. The van der Waals surface area contributed by atoms with E-state index in [-0.39, 0.29) is 0 Å². The van der Waals surface area contributed by atoms with Gasteiger partial charge in [-0.15, -0.1) is 5.53 Å². The average Bonchev–Trinajstić information content (AvgIpc) is 2.48. The monoisotopic (exact) mass is 299 g/mol. The van der Waals surface area contributed by atoms with Gasteiger partial charge < -0.3 is 0 Å². The molecule has 2 aromatic rings. The normalized spacial score (nSPS) is 11.6. The van der Waals surface area contributed by atoms with Gasteiger partial charge in [-0.25, -0.2) is 10.3 Å². The Labute approximate surface area is 126 Å². The van der Waals surface area contributed by atoms with Crippen LogP contribution in [0, 0.1) is 0 Å². The Morgan fingerprint density at radius 3 is 1.71 bits per heavy atom. The molecular weight excluding hydrogens is 278 g/mol. The summed E-state index contributed by atoms with van der Waals surface area (Å²) in [6.07, 6.45) is 0. The molecule has 6 heteroatoms. The van der Waals surface area contributed by atoms with Crippen molar-refractivity contribution in [2.75, 3.05) is 5.01 Å². The van der Waals surface area contributed by atoms with E-state index in [2.05, 4.69) is 40.7 Å². The average molecular weight is 299 g/mol. The third-order valence-corrected chi connectivity index (χ3v) is 3.29. The third kappa shape index (κ3) is 5.01. The summed E-state index contributed by atoms with van der Waals surface area (Å²) in [5.41, 5.74) is 7.90. The lowest BCUT2D eigenvalue weighted by atomic mass is 10.2. The molecule has 0 bridgehead atoms. The van der Waals surface area contributed by atoms with Crippen LogP contribution >= 0.6 is 0 Å². The van der Waals surface area contributed by atoms with Gasteiger partial charge in [-0.2, -0.15) is 0 Å². The van der Waals surface area contributed by atoms with Gasteiger partial charge in [0, 0.05) is 0 Å². The summed E-state index contributed by atoms with van der Waals surface area (Å²) in [5.74, 6) is 0. The molecule has 2 rings (SSSR count). The fourth-order valence-electron chi connectivity index (χ4n) is 1.68. The van der Waals surface area contributed by atoms with Crippen molar-refractivity contribution in [1.29, 1.82) is 0 Å². The van der Waals surface area contributed by atoms with Gasteiger partial charge in [-0.1, -0.05) is 41.6 Å². The van der Waals surface area contributed by atoms with E-state index in [1.165, 1.54) is 0 Å². The van der Waals surface area contributed by atoms with E-state index in [0.29, 0.717) is 0 Å². The van der Waals surface area contributed by atoms with Crippen LogP contribution in [-0.4, -0.2) is 8.24 Å². The minimum atomic E-state index is -1.55. The highest BCUT2D eigenvalue weighted by Gasteiger charge is 2.11.